The van der Waals surface area contributed by atoms with Gasteiger partial charge in [0.2, 0.25) is 0 Å². The lowest BCUT2D eigenvalue weighted by Crippen LogP contribution is -2.34. The number of carbonyl (C=O) groups is 1. The molecule has 0 amide bonds. The molecule has 29 heavy (non-hydrogen) atoms. The molecule has 1 fully saturated rings. The number of hydrogen-bond acceptors (Lipinski definition) is 5. The molecule has 3 heterocycles. The van der Waals surface area contributed by atoms with E-state index in [0.717, 1.165) is 46.3 Å². The van der Waals surface area contributed by atoms with Crippen molar-refractivity contribution in [3.05, 3.63) is 46.4 Å². The Balaban J connectivity index is 1.69. The van der Waals surface area contributed by atoms with Gasteiger partial charge in [-0.15, -0.1) is 0 Å². The minimum absolute atomic E-state index is 0.0111. The number of aliphatic carboxylic acids is 1. The Kier molecular flexibility index (Phi) is 6.03. The van der Waals surface area contributed by atoms with Crippen LogP contribution in [0.1, 0.15) is 19.3 Å². The van der Waals surface area contributed by atoms with Gasteiger partial charge in [0.25, 0.3) is 0 Å². The lowest BCUT2D eigenvalue weighted by Gasteiger charge is -2.27. The molecular formula is C20H20BrClN4O3. The third-order valence-electron chi connectivity index (χ3n) is 5.06. The summed E-state index contributed by atoms with van der Waals surface area (Å²) in [6, 6.07) is 6.03. The highest BCUT2D eigenvalue weighted by Crippen LogP contribution is 2.36. The molecule has 2 aromatic heterocycles. The molecule has 1 atom stereocenters. The number of hydrogen-bond donors (Lipinski definition) is 1. The van der Waals surface area contributed by atoms with Crippen molar-refractivity contribution in [2.45, 2.75) is 25.3 Å². The second-order valence-corrected chi connectivity index (χ2v) is 8.14. The Labute approximate surface area is 181 Å². The van der Waals surface area contributed by atoms with Gasteiger partial charge in [-0.2, -0.15) is 0 Å². The van der Waals surface area contributed by atoms with Gasteiger partial charge in [0.05, 0.1) is 52.7 Å². The lowest BCUT2D eigenvalue weighted by atomic mass is 10.1. The Bertz CT molecular complexity index is 1030. The van der Waals surface area contributed by atoms with Crippen molar-refractivity contribution in [3.8, 4) is 5.69 Å². The van der Waals surface area contributed by atoms with E-state index < -0.39 is 5.97 Å². The maximum atomic E-state index is 10.7. The van der Waals surface area contributed by atoms with Crippen LogP contribution < -0.4 is 4.90 Å². The van der Waals surface area contributed by atoms with Crippen LogP contribution in [0.5, 0.6) is 0 Å². The molecule has 0 saturated carbocycles. The third-order valence-corrected chi connectivity index (χ3v) is 6.41. The summed E-state index contributed by atoms with van der Waals surface area (Å²) >= 11 is 9.91. The van der Waals surface area contributed by atoms with Crippen LogP contribution in [-0.2, 0) is 9.53 Å². The van der Waals surface area contributed by atoms with E-state index in [1.54, 1.807) is 12.5 Å². The average Bonchev–Trinajstić information content (AvgIpc) is 3.39. The number of carboxylic acid groups (broad SMARTS) is 1. The Hall–Kier alpha value is -2.16. The highest BCUT2D eigenvalue weighted by atomic mass is 79.9. The number of ether oxygens (including phenoxy) is 1. The Morgan fingerprint density at radius 2 is 2.28 bits per heavy atom. The monoisotopic (exact) mass is 478 g/mol. The fraction of sp³-hybridized carbons (Fsp3) is 0.350. The predicted octanol–water partition coefficient (Wildman–Crippen LogP) is 4.30. The summed E-state index contributed by atoms with van der Waals surface area (Å²) in [6.45, 7) is 1.56. The van der Waals surface area contributed by atoms with Crippen molar-refractivity contribution >= 4 is 50.2 Å². The van der Waals surface area contributed by atoms with Gasteiger partial charge >= 0.3 is 5.97 Å². The second-order valence-electron chi connectivity index (χ2n) is 6.94. The van der Waals surface area contributed by atoms with E-state index in [2.05, 4.69) is 31.9 Å². The van der Waals surface area contributed by atoms with Gasteiger partial charge in [-0.05, 0) is 40.9 Å². The van der Waals surface area contributed by atoms with Gasteiger partial charge in [-0.1, -0.05) is 11.6 Å². The maximum absolute atomic E-state index is 10.7. The van der Waals surface area contributed by atoms with Gasteiger partial charge in [0.1, 0.15) is 5.82 Å². The van der Waals surface area contributed by atoms with E-state index in [4.69, 9.17) is 26.4 Å². The average molecular weight is 480 g/mol. The molecule has 152 valence electrons. The van der Waals surface area contributed by atoms with Gasteiger partial charge in [-0.25, -0.2) is 9.97 Å². The van der Waals surface area contributed by atoms with Crippen molar-refractivity contribution in [3.63, 3.8) is 0 Å². The third kappa shape index (κ3) is 4.24. The lowest BCUT2D eigenvalue weighted by molar-refractivity contribution is -0.138. The van der Waals surface area contributed by atoms with Gasteiger partial charge in [0, 0.05) is 30.4 Å². The first-order valence-corrected chi connectivity index (χ1v) is 10.5. The standard InChI is InChI=1S/C20H20BrClN4O3/c21-19-15(22)4-3-14-16(25-8-6-23-12-25)10-17(24-20(14)19)26-7-1-2-13(26)11-29-9-5-18(27)28/h3-4,6,8,10,12-13H,1-2,5,7,9,11H2,(H,27,28)/t13-/m0/s1. The molecule has 1 saturated heterocycles. The van der Waals surface area contributed by atoms with Gasteiger partial charge < -0.3 is 19.3 Å². The first-order valence-electron chi connectivity index (χ1n) is 9.38. The number of rotatable bonds is 7. The van der Waals surface area contributed by atoms with Crippen molar-refractivity contribution in [1.29, 1.82) is 0 Å². The second kappa shape index (κ2) is 8.69. The minimum atomic E-state index is -0.851. The van der Waals surface area contributed by atoms with Crippen LogP contribution >= 0.6 is 27.5 Å². The van der Waals surface area contributed by atoms with Crippen LogP contribution in [0.15, 0.2) is 41.4 Å². The maximum Gasteiger partial charge on any atom is 0.305 e. The van der Waals surface area contributed by atoms with E-state index in [9.17, 15) is 4.79 Å². The zero-order valence-corrected chi connectivity index (χ0v) is 17.9. The molecule has 1 aliphatic rings. The van der Waals surface area contributed by atoms with E-state index in [0.29, 0.717) is 11.6 Å². The molecule has 0 unspecified atom stereocenters. The Morgan fingerprint density at radius 1 is 1.41 bits per heavy atom. The highest BCUT2D eigenvalue weighted by molar-refractivity contribution is 9.10. The molecule has 7 nitrogen and oxygen atoms in total. The summed E-state index contributed by atoms with van der Waals surface area (Å²) < 4.78 is 8.34. The number of halogens is 2. The topological polar surface area (TPSA) is 80.5 Å². The van der Waals surface area contributed by atoms with Crippen LogP contribution in [0.3, 0.4) is 0 Å². The largest absolute Gasteiger partial charge is 0.481 e. The molecule has 9 heteroatoms. The first kappa shape index (κ1) is 20.1. The van der Waals surface area contributed by atoms with Crippen LogP contribution in [0.25, 0.3) is 16.6 Å². The van der Waals surface area contributed by atoms with Gasteiger partial charge in [-0.3, -0.25) is 4.79 Å². The highest BCUT2D eigenvalue weighted by Gasteiger charge is 2.27. The fourth-order valence-corrected chi connectivity index (χ4v) is 4.24. The van der Waals surface area contributed by atoms with Crippen molar-refractivity contribution in [2.24, 2.45) is 0 Å². The SMILES string of the molecule is O=C(O)CCOC[C@@H]1CCCN1c1cc(-n2ccnc2)c2ccc(Cl)c(Br)c2n1. The molecule has 0 spiro atoms. The normalized spacial score (nSPS) is 16.6. The molecular weight excluding hydrogens is 460 g/mol. The zero-order valence-electron chi connectivity index (χ0n) is 15.6. The van der Waals surface area contributed by atoms with Gasteiger partial charge in [0.15, 0.2) is 0 Å². The molecule has 0 radical (unpaired) electrons. The number of carboxylic acids is 1. The summed E-state index contributed by atoms with van der Waals surface area (Å²) in [5.41, 5.74) is 1.76. The quantitative estimate of drug-likeness (QED) is 0.509. The first-order chi connectivity index (χ1) is 14.0. The summed E-state index contributed by atoms with van der Waals surface area (Å²) in [6.07, 6.45) is 7.42. The fourth-order valence-electron chi connectivity index (χ4n) is 3.65. The van der Waals surface area contributed by atoms with E-state index in [1.807, 2.05) is 22.9 Å². The summed E-state index contributed by atoms with van der Waals surface area (Å²) in [5, 5.41) is 10.4. The predicted molar refractivity (Wildman–Crippen MR) is 115 cm³/mol. The molecule has 1 N–H and O–H groups in total. The van der Waals surface area contributed by atoms with E-state index in [-0.39, 0.29) is 19.1 Å². The molecule has 3 aromatic rings. The van der Waals surface area contributed by atoms with Crippen LogP contribution in [0.2, 0.25) is 5.02 Å². The minimum Gasteiger partial charge on any atom is -0.481 e. The summed E-state index contributed by atoms with van der Waals surface area (Å²) in [4.78, 5) is 22.0. The molecule has 0 aliphatic carbocycles. The summed E-state index contributed by atoms with van der Waals surface area (Å²) in [5.74, 6) is -0.00956. The number of nitrogens with zero attached hydrogens (tertiary/aromatic N) is 4. The molecule has 1 aliphatic heterocycles. The zero-order chi connectivity index (χ0) is 20.4. The van der Waals surface area contributed by atoms with E-state index in [1.165, 1.54) is 0 Å². The van der Waals surface area contributed by atoms with Crippen molar-refractivity contribution in [2.75, 3.05) is 24.7 Å². The smallest absolute Gasteiger partial charge is 0.305 e. The van der Waals surface area contributed by atoms with Crippen LogP contribution in [0, 0.1) is 0 Å². The van der Waals surface area contributed by atoms with Crippen LogP contribution in [-0.4, -0.2) is 51.4 Å². The Morgan fingerprint density at radius 3 is 3.03 bits per heavy atom. The number of aromatic nitrogens is 3. The van der Waals surface area contributed by atoms with Crippen LogP contribution in [0.4, 0.5) is 5.82 Å². The molecule has 4 rings (SSSR count). The number of benzene rings is 1. The van der Waals surface area contributed by atoms with Crippen molar-refractivity contribution in [1.82, 2.24) is 14.5 Å². The summed E-state index contributed by atoms with van der Waals surface area (Å²) in [7, 11) is 0. The number of imidazole rings is 1. The van der Waals surface area contributed by atoms with E-state index >= 15 is 0 Å². The number of fused-ring (bicyclic) bond motifs is 1. The number of anilines is 1. The number of pyridine rings is 1. The molecule has 1 aromatic carbocycles. The van der Waals surface area contributed by atoms with Crippen molar-refractivity contribution < 1.29 is 14.6 Å². The molecule has 0 bridgehead atoms.